The SMILES string of the molecule is O=C(C[C@@H]1C[C@H]2O[C@H](CNC(=O)N3CCOCC3)[C@@H](O)[C@H]2O1)N1CCC(F)(F)C1. The number of alkyl halides is 2. The van der Waals surface area contributed by atoms with E-state index in [1.165, 1.54) is 4.90 Å². The summed E-state index contributed by atoms with van der Waals surface area (Å²) in [6.45, 7) is 1.71. The van der Waals surface area contributed by atoms with Crippen molar-refractivity contribution in [1.29, 1.82) is 0 Å². The number of aliphatic hydroxyl groups excluding tert-OH is 1. The summed E-state index contributed by atoms with van der Waals surface area (Å²) >= 11 is 0. The molecule has 0 saturated carbocycles. The lowest BCUT2D eigenvalue weighted by atomic mass is 10.1. The Balaban J connectivity index is 1.21. The maximum absolute atomic E-state index is 13.3. The van der Waals surface area contributed by atoms with E-state index in [1.54, 1.807) is 4.90 Å². The molecule has 0 aliphatic carbocycles. The molecule has 9 nitrogen and oxygen atoms in total. The van der Waals surface area contributed by atoms with Crippen LogP contribution in [0.15, 0.2) is 0 Å². The van der Waals surface area contributed by atoms with Gasteiger partial charge in [0.05, 0.1) is 38.4 Å². The number of carbonyl (C=O) groups is 2. The van der Waals surface area contributed by atoms with E-state index in [-0.39, 0.29) is 44.0 Å². The molecule has 4 saturated heterocycles. The number of carbonyl (C=O) groups excluding carboxylic acids is 2. The number of fused-ring (bicyclic) bond motifs is 1. The number of urea groups is 1. The van der Waals surface area contributed by atoms with Crippen LogP contribution in [-0.2, 0) is 19.0 Å². The predicted molar refractivity (Wildman–Crippen MR) is 94.5 cm³/mol. The standard InChI is InChI=1S/C18H27F2N3O6/c19-18(20)1-2-23(10-18)14(24)8-11-7-12-16(28-11)15(25)13(29-12)9-21-17(26)22-3-5-27-6-4-22/h11-13,15-16,25H,1-10H2,(H,21,26)/t11-,12+,13+,15+,16-/m0/s1. The molecule has 0 unspecified atom stereocenters. The monoisotopic (exact) mass is 419 g/mol. The van der Waals surface area contributed by atoms with Crippen LogP contribution in [0.25, 0.3) is 0 Å². The van der Waals surface area contributed by atoms with E-state index in [2.05, 4.69) is 5.32 Å². The highest BCUT2D eigenvalue weighted by molar-refractivity contribution is 5.77. The van der Waals surface area contributed by atoms with Crippen molar-refractivity contribution in [3.63, 3.8) is 0 Å². The minimum Gasteiger partial charge on any atom is -0.388 e. The maximum Gasteiger partial charge on any atom is 0.317 e. The molecule has 0 bridgehead atoms. The van der Waals surface area contributed by atoms with Gasteiger partial charge >= 0.3 is 6.03 Å². The molecular weight excluding hydrogens is 392 g/mol. The van der Waals surface area contributed by atoms with Crippen LogP contribution in [0.1, 0.15) is 19.3 Å². The molecule has 4 fully saturated rings. The first-order valence-corrected chi connectivity index (χ1v) is 10.1. The number of hydrogen-bond acceptors (Lipinski definition) is 6. The molecule has 4 rings (SSSR count). The topological polar surface area (TPSA) is 101 Å². The molecule has 5 atom stereocenters. The predicted octanol–water partition coefficient (Wildman–Crippen LogP) is -0.428. The normalized spacial score (nSPS) is 36.3. The summed E-state index contributed by atoms with van der Waals surface area (Å²) in [4.78, 5) is 27.2. The number of aliphatic hydroxyl groups is 1. The van der Waals surface area contributed by atoms with Gasteiger partial charge in [0.15, 0.2) is 0 Å². The zero-order valence-electron chi connectivity index (χ0n) is 16.1. The summed E-state index contributed by atoms with van der Waals surface area (Å²) < 4.78 is 43.4. The molecule has 0 aromatic rings. The Labute approximate surface area is 167 Å². The van der Waals surface area contributed by atoms with Gasteiger partial charge in [0.1, 0.15) is 18.3 Å². The van der Waals surface area contributed by atoms with Crippen LogP contribution in [-0.4, -0.2) is 109 Å². The second-order valence-electron chi connectivity index (χ2n) is 8.07. The van der Waals surface area contributed by atoms with Gasteiger partial charge in [0.2, 0.25) is 5.91 Å². The summed E-state index contributed by atoms with van der Waals surface area (Å²) in [6, 6.07) is -0.229. The minimum absolute atomic E-state index is 0.00239. The molecule has 3 amide bonds. The van der Waals surface area contributed by atoms with E-state index >= 15 is 0 Å². The van der Waals surface area contributed by atoms with Crippen LogP contribution < -0.4 is 5.32 Å². The maximum atomic E-state index is 13.3. The Hall–Kier alpha value is -1.56. The van der Waals surface area contributed by atoms with Crippen LogP contribution in [0.4, 0.5) is 13.6 Å². The smallest absolute Gasteiger partial charge is 0.317 e. The summed E-state index contributed by atoms with van der Waals surface area (Å²) in [5, 5.41) is 13.2. The summed E-state index contributed by atoms with van der Waals surface area (Å²) in [5.74, 6) is -3.18. The largest absolute Gasteiger partial charge is 0.388 e. The lowest BCUT2D eigenvalue weighted by Gasteiger charge is -2.28. The van der Waals surface area contributed by atoms with E-state index < -0.39 is 36.9 Å². The van der Waals surface area contributed by atoms with Crippen molar-refractivity contribution in [1.82, 2.24) is 15.1 Å². The Kier molecular flexibility index (Phi) is 5.92. The quantitative estimate of drug-likeness (QED) is 0.642. The average Bonchev–Trinajstić information content (AvgIpc) is 3.34. The van der Waals surface area contributed by atoms with E-state index in [9.17, 15) is 23.5 Å². The molecule has 164 valence electrons. The van der Waals surface area contributed by atoms with Gasteiger partial charge in [0, 0.05) is 39.0 Å². The molecule has 29 heavy (non-hydrogen) atoms. The van der Waals surface area contributed by atoms with Gasteiger partial charge in [-0.2, -0.15) is 0 Å². The number of halogens is 2. The number of nitrogens with one attached hydrogen (secondary N) is 1. The first kappa shape index (κ1) is 20.7. The van der Waals surface area contributed by atoms with Gasteiger partial charge in [-0.15, -0.1) is 0 Å². The summed E-state index contributed by atoms with van der Waals surface area (Å²) in [7, 11) is 0. The molecule has 11 heteroatoms. The summed E-state index contributed by atoms with van der Waals surface area (Å²) in [5.41, 5.74) is 0. The molecule has 0 spiro atoms. The van der Waals surface area contributed by atoms with Crippen LogP contribution in [0.2, 0.25) is 0 Å². The fourth-order valence-electron chi connectivity index (χ4n) is 4.35. The van der Waals surface area contributed by atoms with Crippen LogP contribution in [0.5, 0.6) is 0 Å². The highest BCUT2D eigenvalue weighted by atomic mass is 19.3. The van der Waals surface area contributed by atoms with Crippen molar-refractivity contribution in [2.45, 2.75) is 55.7 Å². The van der Waals surface area contributed by atoms with Crippen LogP contribution in [0, 0.1) is 0 Å². The third-order valence-corrected chi connectivity index (χ3v) is 5.96. The minimum atomic E-state index is -2.82. The van der Waals surface area contributed by atoms with E-state index in [0.29, 0.717) is 32.7 Å². The van der Waals surface area contributed by atoms with Gasteiger partial charge in [-0.25, -0.2) is 13.6 Å². The van der Waals surface area contributed by atoms with Gasteiger partial charge in [-0.1, -0.05) is 0 Å². The third kappa shape index (κ3) is 4.62. The highest BCUT2D eigenvalue weighted by Gasteiger charge is 2.51. The zero-order chi connectivity index (χ0) is 20.6. The lowest BCUT2D eigenvalue weighted by molar-refractivity contribution is -0.135. The van der Waals surface area contributed by atoms with Crippen LogP contribution in [0.3, 0.4) is 0 Å². The zero-order valence-corrected chi connectivity index (χ0v) is 16.1. The fourth-order valence-corrected chi connectivity index (χ4v) is 4.35. The van der Waals surface area contributed by atoms with Crippen molar-refractivity contribution >= 4 is 11.9 Å². The molecule has 0 aromatic carbocycles. The first-order chi connectivity index (χ1) is 13.8. The average molecular weight is 419 g/mol. The molecule has 0 radical (unpaired) electrons. The van der Waals surface area contributed by atoms with Crippen molar-refractivity contribution in [2.24, 2.45) is 0 Å². The van der Waals surface area contributed by atoms with E-state index in [0.717, 1.165) is 0 Å². The van der Waals surface area contributed by atoms with Crippen molar-refractivity contribution < 1.29 is 37.7 Å². The Morgan fingerprint density at radius 2 is 1.90 bits per heavy atom. The fraction of sp³-hybridized carbons (Fsp3) is 0.889. The number of ether oxygens (including phenoxy) is 3. The number of rotatable bonds is 4. The first-order valence-electron chi connectivity index (χ1n) is 10.1. The van der Waals surface area contributed by atoms with Gasteiger partial charge in [-0.05, 0) is 0 Å². The molecule has 4 aliphatic rings. The van der Waals surface area contributed by atoms with E-state index in [1.807, 2.05) is 0 Å². The molecule has 2 N–H and O–H groups in total. The molecule has 4 heterocycles. The lowest BCUT2D eigenvalue weighted by Crippen LogP contribution is -2.49. The summed E-state index contributed by atoms with van der Waals surface area (Å²) in [6.07, 6.45) is -2.86. The number of likely N-dealkylation sites (tertiary alicyclic amines) is 1. The van der Waals surface area contributed by atoms with Crippen LogP contribution >= 0.6 is 0 Å². The number of morpholine rings is 1. The molecular formula is C18H27F2N3O6. The number of hydrogen-bond donors (Lipinski definition) is 2. The van der Waals surface area contributed by atoms with Gasteiger partial charge < -0.3 is 34.4 Å². The van der Waals surface area contributed by atoms with Gasteiger partial charge in [-0.3, -0.25) is 4.79 Å². The third-order valence-electron chi connectivity index (χ3n) is 5.96. The second-order valence-corrected chi connectivity index (χ2v) is 8.07. The van der Waals surface area contributed by atoms with Crippen molar-refractivity contribution in [2.75, 3.05) is 45.9 Å². The molecule has 4 aliphatic heterocycles. The molecule has 0 aromatic heterocycles. The Morgan fingerprint density at radius 1 is 1.14 bits per heavy atom. The second kappa shape index (κ2) is 8.29. The Bertz CT molecular complexity index is 633. The van der Waals surface area contributed by atoms with Crippen molar-refractivity contribution in [3.8, 4) is 0 Å². The Morgan fingerprint density at radius 3 is 2.55 bits per heavy atom. The number of nitrogens with zero attached hydrogens (tertiary/aromatic N) is 2. The van der Waals surface area contributed by atoms with Crippen molar-refractivity contribution in [3.05, 3.63) is 0 Å². The highest BCUT2D eigenvalue weighted by Crippen LogP contribution is 2.36. The van der Waals surface area contributed by atoms with E-state index in [4.69, 9.17) is 14.2 Å². The van der Waals surface area contributed by atoms with Gasteiger partial charge in [0.25, 0.3) is 5.92 Å². The number of amides is 3.